The first-order valence-electron chi connectivity index (χ1n) is 6.21. The van der Waals surface area contributed by atoms with Gasteiger partial charge in [-0.15, -0.1) is 6.61 Å². The highest BCUT2D eigenvalue weighted by molar-refractivity contribution is 5.44. The molecule has 0 amide bonds. The van der Waals surface area contributed by atoms with Gasteiger partial charge in [0.25, 0.3) is 0 Å². The summed E-state index contributed by atoms with van der Waals surface area (Å²) in [6.45, 7) is 1.69. The number of fused-ring (bicyclic) bond motifs is 1. The molecule has 92 valence electrons. The lowest BCUT2D eigenvalue weighted by molar-refractivity contribution is -0.386. The largest absolute Gasteiger partial charge is 0.851 e. The van der Waals surface area contributed by atoms with Crippen molar-refractivity contribution in [3.8, 4) is 0 Å². The molecule has 0 atom stereocenters. The second kappa shape index (κ2) is 4.78. The van der Waals surface area contributed by atoms with Gasteiger partial charge >= 0.3 is 0 Å². The van der Waals surface area contributed by atoms with E-state index < -0.39 is 0 Å². The highest BCUT2D eigenvalue weighted by Gasteiger charge is 2.16. The molecule has 1 aromatic carbocycles. The third-order valence-electron chi connectivity index (χ3n) is 3.43. The predicted octanol–water partition coefficient (Wildman–Crippen LogP) is 1.50. The molecule has 3 heteroatoms. The lowest BCUT2D eigenvalue weighted by Gasteiger charge is -2.29. The first-order chi connectivity index (χ1) is 8.86. The second-order valence-electron chi connectivity index (χ2n) is 4.61. The molecule has 0 aliphatic carbocycles. The Kier molecular flexibility index (Phi) is 2.99. The molecule has 3 nitrogen and oxygen atoms in total. The first kappa shape index (κ1) is 11.2. The second-order valence-corrected chi connectivity index (χ2v) is 4.61. The van der Waals surface area contributed by atoms with E-state index in [2.05, 4.69) is 34.1 Å². The zero-order valence-electron chi connectivity index (χ0n) is 10.2. The molecule has 0 fully saturated rings. The number of benzene rings is 1. The van der Waals surface area contributed by atoms with Crippen molar-refractivity contribution in [2.24, 2.45) is 0 Å². The molecule has 3 rings (SSSR count). The molecule has 0 radical (unpaired) electrons. The van der Waals surface area contributed by atoms with Gasteiger partial charge in [-0.1, -0.05) is 30.3 Å². The van der Waals surface area contributed by atoms with Gasteiger partial charge in [-0.3, -0.25) is 0 Å². The fourth-order valence-corrected chi connectivity index (χ4v) is 2.38. The molecule has 18 heavy (non-hydrogen) atoms. The zero-order chi connectivity index (χ0) is 12.4. The summed E-state index contributed by atoms with van der Waals surface area (Å²) in [5, 5.41) is 10.7. The molecule has 0 spiro atoms. The Morgan fingerprint density at radius 1 is 1.11 bits per heavy atom. The average molecular weight is 239 g/mol. The van der Waals surface area contributed by atoms with E-state index in [1.807, 2.05) is 12.1 Å². The quantitative estimate of drug-likeness (QED) is 0.797. The van der Waals surface area contributed by atoms with E-state index in [1.165, 1.54) is 11.1 Å². The van der Waals surface area contributed by atoms with E-state index in [0.717, 1.165) is 30.9 Å². The lowest BCUT2D eigenvalue weighted by Crippen LogP contribution is -2.30. The SMILES string of the molecule is [O-]Cc1ccc(N2CCc3ccccc3C2)nc1. The van der Waals surface area contributed by atoms with Crippen LogP contribution in [0.4, 0.5) is 5.82 Å². The maximum Gasteiger partial charge on any atom is 0.128 e. The molecular weight excluding hydrogens is 224 g/mol. The molecule has 0 saturated carbocycles. The third kappa shape index (κ3) is 2.09. The van der Waals surface area contributed by atoms with Crippen molar-refractivity contribution in [3.05, 3.63) is 59.3 Å². The van der Waals surface area contributed by atoms with Crippen LogP contribution in [0.2, 0.25) is 0 Å². The van der Waals surface area contributed by atoms with E-state index in [4.69, 9.17) is 0 Å². The fraction of sp³-hybridized carbons (Fsp3) is 0.267. The number of rotatable bonds is 2. The van der Waals surface area contributed by atoms with Crippen LogP contribution in [0.3, 0.4) is 0 Å². The topological polar surface area (TPSA) is 39.2 Å². The van der Waals surface area contributed by atoms with Crippen LogP contribution >= 0.6 is 0 Å². The standard InChI is InChI=1S/C15H15N2O/c18-11-12-5-6-15(16-9-12)17-8-7-13-3-1-2-4-14(13)10-17/h1-6,9H,7-8,10-11H2/q-1. The average Bonchev–Trinajstić information content (AvgIpc) is 2.47. The number of nitrogens with zero attached hydrogens (tertiary/aromatic N) is 2. The molecular formula is C15H15N2O-. The lowest BCUT2D eigenvalue weighted by atomic mass is 10.00. The van der Waals surface area contributed by atoms with Crippen LogP contribution in [-0.4, -0.2) is 11.5 Å². The maximum absolute atomic E-state index is 10.7. The summed E-state index contributed by atoms with van der Waals surface area (Å²) in [5.41, 5.74) is 3.56. The summed E-state index contributed by atoms with van der Waals surface area (Å²) in [5.74, 6) is 0.960. The Morgan fingerprint density at radius 3 is 2.67 bits per heavy atom. The minimum Gasteiger partial charge on any atom is -0.851 e. The van der Waals surface area contributed by atoms with E-state index >= 15 is 0 Å². The molecule has 0 unspecified atom stereocenters. The summed E-state index contributed by atoms with van der Waals surface area (Å²) in [6.07, 6.45) is 2.74. The molecule has 1 aromatic heterocycles. The summed E-state index contributed by atoms with van der Waals surface area (Å²) in [4.78, 5) is 6.63. The highest BCUT2D eigenvalue weighted by Crippen LogP contribution is 2.22. The minimum atomic E-state index is -0.198. The van der Waals surface area contributed by atoms with Gasteiger partial charge < -0.3 is 10.0 Å². The van der Waals surface area contributed by atoms with Crippen molar-refractivity contribution in [2.45, 2.75) is 19.6 Å². The summed E-state index contributed by atoms with van der Waals surface area (Å²) < 4.78 is 0. The Hall–Kier alpha value is -1.87. The Bertz CT molecular complexity index is 536. The van der Waals surface area contributed by atoms with E-state index in [-0.39, 0.29) is 6.61 Å². The van der Waals surface area contributed by atoms with E-state index in [0.29, 0.717) is 0 Å². The third-order valence-corrected chi connectivity index (χ3v) is 3.43. The van der Waals surface area contributed by atoms with Gasteiger partial charge in [0.2, 0.25) is 0 Å². The summed E-state index contributed by atoms with van der Waals surface area (Å²) in [7, 11) is 0. The number of hydrogen-bond donors (Lipinski definition) is 0. The molecule has 2 heterocycles. The van der Waals surface area contributed by atoms with Crippen LogP contribution in [0.1, 0.15) is 16.7 Å². The number of anilines is 1. The van der Waals surface area contributed by atoms with Crippen LogP contribution in [0.25, 0.3) is 0 Å². The summed E-state index contributed by atoms with van der Waals surface area (Å²) in [6, 6.07) is 12.4. The molecule has 2 aromatic rings. The number of hydrogen-bond acceptors (Lipinski definition) is 3. The Balaban J connectivity index is 1.82. The van der Waals surface area contributed by atoms with Gasteiger partial charge in [-0.05, 0) is 29.2 Å². The van der Waals surface area contributed by atoms with Crippen molar-refractivity contribution < 1.29 is 5.11 Å². The van der Waals surface area contributed by atoms with Gasteiger partial charge in [-0.2, -0.15) is 0 Å². The van der Waals surface area contributed by atoms with Crippen LogP contribution in [-0.2, 0) is 19.6 Å². The first-order valence-corrected chi connectivity index (χ1v) is 6.21. The van der Waals surface area contributed by atoms with Crippen molar-refractivity contribution in [3.63, 3.8) is 0 Å². The maximum atomic E-state index is 10.7. The van der Waals surface area contributed by atoms with Crippen LogP contribution in [0.15, 0.2) is 42.6 Å². The van der Waals surface area contributed by atoms with Crippen LogP contribution < -0.4 is 10.0 Å². The highest BCUT2D eigenvalue weighted by atomic mass is 16.3. The Morgan fingerprint density at radius 2 is 1.94 bits per heavy atom. The Labute approximate surface area is 107 Å². The van der Waals surface area contributed by atoms with Gasteiger partial charge in [0, 0.05) is 19.3 Å². The number of aromatic nitrogens is 1. The predicted molar refractivity (Wildman–Crippen MR) is 69.1 cm³/mol. The molecule has 1 aliphatic rings. The van der Waals surface area contributed by atoms with Crippen molar-refractivity contribution in [2.75, 3.05) is 11.4 Å². The van der Waals surface area contributed by atoms with Crippen LogP contribution in [0.5, 0.6) is 0 Å². The van der Waals surface area contributed by atoms with Gasteiger partial charge in [0.1, 0.15) is 5.82 Å². The van der Waals surface area contributed by atoms with Gasteiger partial charge in [0.05, 0.1) is 0 Å². The van der Waals surface area contributed by atoms with E-state index in [1.54, 1.807) is 6.20 Å². The van der Waals surface area contributed by atoms with Crippen molar-refractivity contribution in [1.82, 2.24) is 4.98 Å². The molecule has 0 bridgehead atoms. The monoisotopic (exact) mass is 239 g/mol. The molecule has 0 saturated heterocycles. The van der Waals surface area contributed by atoms with Gasteiger partial charge in [-0.25, -0.2) is 4.98 Å². The zero-order valence-corrected chi connectivity index (χ0v) is 10.2. The molecule has 1 aliphatic heterocycles. The minimum absolute atomic E-state index is 0.198. The van der Waals surface area contributed by atoms with Gasteiger partial charge in [0.15, 0.2) is 0 Å². The van der Waals surface area contributed by atoms with E-state index in [9.17, 15) is 5.11 Å². The van der Waals surface area contributed by atoms with Crippen molar-refractivity contribution in [1.29, 1.82) is 0 Å². The van der Waals surface area contributed by atoms with Crippen molar-refractivity contribution >= 4 is 5.82 Å². The normalized spacial score (nSPS) is 14.4. The smallest absolute Gasteiger partial charge is 0.128 e. The fourth-order valence-electron chi connectivity index (χ4n) is 2.38. The van der Waals surface area contributed by atoms with Crippen LogP contribution in [0, 0.1) is 0 Å². The summed E-state index contributed by atoms with van der Waals surface area (Å²) >= 11 is 0. The number of pyridine rings is 1. The molecule has 0 N–H and O–H groups in total.